The Morgan fingerprint density at radius 3 is 2.75 bits per heavy atom. The van der Waals surface area contributed by atoms with Gasteiger partial charge in [-0.1, -0.05) is 6.07 Å². The molecule has 204 valence electrons. The number of carbonyl (C=O) groups excluding carboxylic acids is 3. The maximum absolute atomic E-state index is 15.1. The van der Waals surface area contributed by atoms with Crippen LogP contribution < -0.4 is 10.6 Å². The number of aromatic nitrogens is 3. The van der Waals surface area contributed by atoms with Crippen LogP contribution in [0.25, 0.3) is 27.7 Å². The van der Waals surface area contributed by atoms with Crippen LogP contribution in [-0.2, 0) is 27.5 Å². The zero-order valence-electron chi connectivity index (χ0n) is 22.0. The van der Waals surface area contributed by atoms with Crippen molar-refractivity contribution in [2.45, 2.75) is 38.8 Å². The van der Waals surface area contributed by atoms with E-state index in [1.54, 1.807) is 16.8 Å². The lowest BCUT2D eigenvalue weighted by Crippen LogP contribution is -2.33. The smallest absolute Gasteiger partial charge is 0.261 e. The molecule has 9 nitrogen and oxygen atoms in total. The lowest BCUT2D eigenvalue weighted by Gasteiger charge is -2.25. The van der Waals surface area contributed by atoms with Gasteiger partial charge in [0.25, 0.3) is 11.8 Å². The van der Waals surface area contributed by atoms with Crippen molar-refractivity contribution < 1.29 is 18.8 Å². The van der Waals surface area contributed by atoms with Crippen molar-refractivity contribution in [3.63, 3.8) is 0 Å². The summed E-state index contributed by atoms with van der Waals surface area (Å²) in [6.07, 6.45) is 8.72. The molecule has 0 atom stereocenters. The summed E-state index contributed by atoms with van der Waals surface area (Å²) in [4.78, 5) is 45.7. The maximum atomic E-state index is 15.1. The number of amides is 3. The fourth-order valence-corrected chi connectivity index (χ4v) is 6.44. The van der Waals surface area contributed by atoms with Crippen molar-refractivity contribution in [2.24, 2.45) is 5.92 Å². The van der Waals surface area contributed by atoms with Crippen molar-refractivity contribution >= 4 is 45.4 Å². The topological polar surface area (TPSA) is 101 Å². The van der Waals surface area contributed by atoms with E-state index >= 15 is 4.39 Å². The van der Waals surface area contributed by atoms with Gasteiger partial charge in [0, 0.05) is 49.4 Å². The molecule has 1 saturated heterocycles. The Balaban J connectivity index is 1.27. The lowest BCUT2D eigenvalue weighted by molar-refractivity contribution is -0.132. The molecule has 3 amide bonds. The first-order valence-corrected chi connectivity index (χ1v) is 13.8. The molecule has 3 aromatic heterocycles. The molecule has 40 heavy (non-hydrogen) atoms. The Hall–Kier alpha value is -4.31. The van der Waals surface area contributed by atoms with Gasteiger partial charge in [0.05, 0.1) is 28.6 Å². The first kappa shape index (κ1) is 24.7. The van der Waals surface area contributed by atoms with Crippen molar-refractivity contribution in [1.82, 2.24) is 29.5 Å². The SMILES string of the molecule is O=C1NC(=O)C(c2cnc3ccccn23)=C1c1cn2c3c(cc(F)cc13)CN(C(=O)CCC1CCNCC1)CC2. The zero-order chi connectivity index (χ0) is 27.4. The fraction of sp³-hybridized carbons (Fsp3) is 0.333. The first-order valence-electron chi connectivity index (χ1n) is 13.8. The summed E-state index contributed by atoms with van der Waals surface area (Å²) in [5, 5.41) is 6.34. The van der Waals surface area contributed by atoms with Gasteiger partial charge in [0.1, 0.15) is 11.5 Å². The molecule has 0 spiro atoms. The molecule has 6 heterocycles. The normalized spacial score (nSPS) is 18.2. The molecule has 10 heteroatoms. The number of nitrogens with one attached hydrogen (secondary N) is 2. The molecule has 3 aliphatic rings. The van der Waals surface area contributed by atoms with Gasteiger partial charge in [-0.2, -0.15) is 0 Å². The van der Waals surface area contributed by atoms with E-state index in [1.165, 1.54) is 12.1 Å². The maximum Gasteiger partial charge on any atom is 0.261 e. The second-order valence-corrected chi connectivity index (χ2v) is 10.9. The molecule has 1 fully saturated rings. The summed E-state index contributed by atoms with van der Waals surface area (Å²) in [6, 6.07) is 8.37. The Morgan fingerprint density at radius 1 is 1.07 bits per heavy atom. The predicted molar refractivity (Wildman–Crippen MR) is 147 cm³/mol. The molecular weight excluding hydrogens is 511 g/mol. The van der Waals surface area contributed by atoms with Gasteiger partial charge >= 0.3 is 0 Å². The Kier molecular flexibility index (Phi) is 6.00. The van der Waals surface area contributed by atoms with Crippen molar-refractivity contribution in [1.29, 1.82) is 0 Å². The summed E-state index contributed by atoms with van der Waals surface area (Å²) in [5.74, 6) is -0.846. The van der Waals surface area contributed by atoms with Gasteiger partial charge in [-0.05, 0) is 68.1 Å². The number of nitrogens with zero attached hydrogens (tertiary/aromatic N) is 4. The number of pyridine rings is 1. The van der Waals surface area contributed by atoms with Gasteiger partial charge in [-0.25, -0.2) is 9.37 Å². The van der Waals surface area contributed by atoms with Gasteiger partial charge in [-0.3, -0.25) is 24.1 Å². The third kappa shape index (κ3) is 4.10. The second-order valence-electron chi connectivity index (χ2n) is 10.9. The van der Waals surface area contributed by atoms with Gasteiger partial charge in [-0.15, -0.1) is 0 Å². The van der Waals surface area contributed by atoms with Crippen LogP contribution in [0.5, 0.6) is 0 Å². The van der Waals surface area contributed by atoms with Gasteiger partial charge < -0.3 is 14.8 Å². The Labute approximate surface area is 229 Å². The number of hydrogen-bond acceptors (Lipinski definition) is 5. The summed E-state index contributed by atoms with van der Waals surface area (Å²) in [6.45, 7) is 3.28. The summed E-state index contributed by atoms with van der Waals surface area (Å²) < 4.78 is 18.8. The zero-order valence-corrected chi connectivity index (χ0v) is 22.0. The fourth-order valence-electron chi connectivity index (χ4n) is 6.44. The van der Waals surface area contributed by atoms with Crippen LogP contribution in [0, 0.1) is 11.7 Å². The highest BCUT2D eigenvalue weighted by molar-refractivity contribution is 6.49. The Morgan fingerprint density at radius 2 is 1.90 bits per heavy atom. The number of carbonyl (C=O) groups is 3. The second kappa shape index (κ2) is 9.71. The van der Waals surface area contributed by atoms with Crippen LogP contribution in [0.15, 0.2) is 48.9 Å². The summed E-state index contributed by atoms with van der Waals surface area (Å²) >= 11 is 0. The lowest BCUT2D eigenvalue weighted by atomic mass is 9.93. The standard InChI is InChI=1S/C30H29FN6O3/c31-20-13-19-16-35(25(38)5-4-18-6-8-32-9-7-18)11-12-36-17-22(21(14-20)28(19)36)26-27(30(40)34-29(26)39)23-15-33-24-3-1-2-10-37(23)24/h1-3,10,13-15,17-18,32H,4-9,11-12,16H2,(H,34,39,40). The van der Waals surface area contributed by atoms with Crippen LogP contribution in [0.4, 0.5) is 4.39 Å². The number of benzene rings is 1. The minimum atomic E-state index is -0.525. The molecule has 2 N–H and O–H groups in total. The summed E-state index contributed by atoms with van der Waals surface area (Å²) in [7, 11) is 0. The number of halogens is 1. The molecule has 3 aliphatic heterocycles. The van der Waals surface area contributed by atoms with Crippen LogP contribution >= 0.6 is 0 Å². The van der Waals surface area contributed by atoms with E-state index in [0.717, 1.165) is 37.9 Å². The molecular formula is C30H29FN6O3. The number of hydrogen-bond donors (Lipinski definition) is 2. The minimum Gasteiger partial charge on any atom is -0.345 e. The van der Waals surface area contributed by atoms with E-state index in [9.17, 15) is 14.4 Å². The average Bonchev–Trinajstić information content (AvgIpc) is 3.58. The molecule has 0 bridgehead atoms. The predicted octanol–water partition coefficient (Wildman–Crippen LogP) is 3.12. The third-order valence-electron chi connectivity index (χ3n) is 8.44. The van der Waals surface area contributed by atoms with E-state index in [-0.39, 0.29) is 17.1 Å². The Bertz CT molecular complexity index is 1730. The summed E-state index contributed by atoms with van der Waals surface area (Å²) in [5.41, 5.74) is 3.51. The van der Waals surface area contributed by atoms with E-state index < -0.39 is 17.6 Å². The molecule has 0 saturated carbocycles. The van der Waals surface area contributed by atoms with Crippen molar-refractivity contribution in [2.75, 3.05) is 19.6 Å². The van der Waals surface area contributed by atoms with Crippen molar-refractivity contribution in [3.05, 3.63) is 71.6 Å². The third-order valence-corrected chi connectivity index (χ3v) is 8.44. The van der Waals surface area contributed by atoms with E-state index in [4.69, 9.17) is 0 Å². The monoisotopic (exact) mass is 540 g/mol. The molecule has 7 rings (SSSR count). The van der Waals surface area contributed by atoms with E-state index in [2.05, 4.69) is 15.6 Å². The number of piperidine rings is 1. The first-order chi connectivity index (χ1) is 19.5. The van der Waals surface area contributed by atoms with Crippen LogP contribution in [-0.4, -0.2) is 56.2 Å². The average molecular weight is 541 g/mol. The molecule has 0 aliphatic carbocycles. The van der Waals surface area contributed by atoms with Gasteiger partial charge in [0.2, 0.25) is 5.91 Å². The van der Waals surface area contributed by atoms with Crippen molar-refractivity contribution in [3.8, 4) is 0 Å². The van der Waals surface area contributed by atoms with E-state index in [0.29, 0.717) is 59.8 Å². The largest absolute Gasteiger partial charge is 0.345 e. The molecule has 0 unspecified atom stereocenters. The van der Waals surface area contributed by atoms with Crippen LogP contribution in [0.3, 0.4) is 0 Å². The minimum absolute atomic E-state index is 0.0836. The van der Waals surface area contributed by atoms with Crippen LogP contribution in [0.2, 0.25) is 0 Å². The highest BCUT2D eigenvalue weighted by Crippen LogP contribution is 2.38. The molecule has 0 radical (unpaired) electrons. The number of fused-ring (bicyclic) bond motifs is 1. The number of imide groups is 1. The van der Waals surface area contributed by atoms with Gasteiger partial charge in [0.15, 0.2) is 0 Å². The molecule has 4 aromatic rings. The number of rotatable bonds is 5. The highest BCUT2D eigenvalue weighted by Gasteiger charge is 2.36. The quantitative estimate of drug-likeness (QED) is 0.379. The number of imidazole rings is 1. The van der Waals surface area contributed by atoms with E-state index in [1.807, 2.05) is 33.9 Å². The van der Waals surface area contributed by atoms with Crippen LogP contribution in [0.1, 0.15) is 42.5 Å². The highest BCUT2D eigenvalue weighted by atomic mass is 19.1. The molecule has 1 aromatic carbocycles.